The summed E-state index contributed by atoms with van der Waals surface area (Å²) in [5.74, 6) is 0.398. The highest BCUT2D eigenvalue weighted by atomic mass is 19.1. The lowest BCUT2D eigenvalue weighted by molar-refractivity contribution is 0.0993. The van der Waals surface area contributed by atoms with Crippen molar-refractivity contribution in [2.24, 2.45) is 0 Å². The van der Waals surface area contributed by atoms with Crippen molar-refractivity contribution in [2.75, 3.05) is 7.11 Å². The number of benzene rings is 2. The van der Waals surface area contributed by atoms with Crippen molar-refractivity contribution in [1.29, 1.82) is 0 Å². The molecule has 0 amide bonds. The number of aryl methyl sites for hydroxylation is 1. The standard InChI is InChI=1S/C16H15FO2/c1-11-8-13(6-7-15(11)17)16(18)10-12-4-3-5-14(9-12)19-2/h3-9H,10H2,1-2H3. The smallest absolute Gasteiger partial charge is 0.167 e. The molecule has 0 unspecified atom stereocenters. The second-order valence-electron chi connectivity index (χ2n) is 4.42. The van der Waals surface area contributed by atoms with Crippen LogP contribution in [-0.4, -0.2) is 12.9 Å². The summed E-state index contributed by atoms with van der Waals surface area (Å²) in [7, 11) is 1.59. The fourth-order valence-electron chi connectivity index (χ4n) is 1.89. The van der Waals surface area contributed by atoms with E-state index in [-0.39, 0.29) is 18.0 Å². The predicted octanol–water partition coefficient (Wildman–Crippen LogP) is 3.57. The van der Waals surface area contributed by atoms with Crippen LogP contribution < -0.4 is 4.74 Å². The maximum absolute atomic E-state index is 13.2. The first-order valence-corrected chi connectivity index (χ1v) is 6.02. The quantitative estimate of drug-likeness (QED) is 0.784. The molecule has 2 aromatic rings. The molecule has 0 atom stereocenters. The third-order valence-electron chi connectivity index (χ3n) is 2.98. The van der Waals surface area contributed by atoms with Gasteiger partial charge in [0, 0.05) is 12.0 Å². The van der Waals surface area contributed by atoms with Crippen molar-refractivity contribution in [3.05, 3.63) is 65.0 Å². The van der Waals surface area contributed by atoms with Gasteiger partial charge in [-0.2, -0.15) is 0 Å². The van der Waals surface area contributed by atoms with E-state index in [2.05, 4.69) is 0 Å². The van der Waals surface area contributed by atoms with Gasteiger partial charge >= 0.3 is 0 Å². The maximum Gasteiger partial charge on any atom is 0.167 e. The monoisotopic (exact) mass is 258 g/mol. The molecular formula is C16H15FO2. The van der Waals surface area contributed by atoms with Gasteiger partial charge in [0.2, 0.25) is 0 Å². The van der Waals surface area contributed by atoms with Crippen LogP contribution in [-0.2, 0) is 6.42 Å². The Bertz CT molecular complexity index is 605. The molecule has 0 radical (unpaired) electrons. The molecule has 0 fully saturated rings. The Kier molecular flexibility index (Phi) is 3.95. The third-order valence-corrected chi connectivity index (χ3v) is 2.98. The molecule has 0 spiro atoms. The topological polar surface area (TPSA) is 26.3 Å². The second kappa shape index (κ2) is 5.65. The zero-order valence-electron chi connectivity index (χ0n) is 10.9. The summed E-state index contributed by atoms with van der Waals surface area (Å²) in [6.45, 7) is 1.65. The highest BCUT2D eigenvalue weighted by Crippen LogP contribution is 2.16. The Labute approximate surface area is 111 Å². The van der Waals surface area contributed by atoms with E-state index >= 15 is 0 Å². The molecule has 0 aliphatic rings. The number of methoxy groups -OCH3 is 1. The fourth-order valence-corrected chi connectivity index (χ4v) is 1.89. The summed E-state index contributed by atoms with van der Waals surface area (Å²) in [6.07, 6.45) is 0.280. The Morgan fingerprint density at radius 1 is 1.21 bits per heavy atom. The Balaban J connectivity index is 2.18. The summed E-state index contributed by atoms with van der Waals surface area (Å²) < 4.78 is 18.3. The van der Waals surface area contributed by atoms with Crippen LogP contribution in [0.2, 0.25) is 0 Å². The first-order chi connectivity index (χ1) is 9.10. The maximum atomic E-state index is 13.2. The van der Waals surface area contributed by atoms with E-state index in [1.54, 1.807) is 20.1 Å². The molecule has 0 aromatic heterocycles. The number of rotatable bonds is 4. The number of Topliss-reactive ketones (excluding diaryl/α,β-unsaturated/α-hetero) is 1. The molecule has 2 aromatic carbocycles. The van der Waals surface area contributed by atoms with E-state index in [1.165, 1.54) is 12.1 Å². The van der Waals surface area contributed by atoms with Crippen molar-refractivity contribution in [3.8, 4) is 5.75 Å². The lowest BCUT2D eigenvalue weighted by Gasteiger charge is -2.05. The Morgan fingerprint density at radius 3 is 2.68 bits per heavy atom. The molecule has 0 aliphatic carbocycles. The van der Waals surface area contributed by atoms with E-state index < -0.39 is 0 Å². The molecule has 0 bridgehead atoms. The molecule has 0 saturated carbocycles. The van der Waals surface area contributed by atoms with Gasteiger partial charge in [0.15, 0.2) is 5.78 Å². The van der Waals surface area contributed by atoms with Crippen molar-refractivity contribution < 1.29 is 13.9 Å². The fraction of sp³-hybridized carbons (Fsp3) is 0.188. The number of carbonyl (C=O) groups excluding carboxylic acids is 1. The Hall–Kier alpha value is -2.16. The minimum atomic E-state index is -0.294. The van der Waals surface area contributed by atoms with Gasteiger partial charge < -0.3 is 4.74 Å². The zero-order valence-corrected chi connectivity index (χ0v) is 10.9. The van der Waals surface area contributed by atoms with Crippen molar-refractivity contribution in [2.45, 2.75) is 13.3 Å². The molecule has 0 saturated heterocycles. The number of carbonyl (C=O) groups is 1. The normalized spacial score (nSPS) is 10.3. The lowest BCUT2D eigenvalue weighted by Crippen LogP contribution is -2.04. The molecule has 2 rings (SSSR count). The van der Waals surface area contributed by atoms with Gasteiger partial charge in [-0.15, -0.1) is 0 Å². The average Bonchev–Trinajstić information content (AvgIpc) is 2.42. The molecule has 0 N–H and O–H groups in total. The van der Waals surface area contributed by atoms with Crippen LogP contribution in [0.1, 0.15) is 21.5 Å². The first-order valence-electron chi connectivity index (χ1n) is 6.02. The minimum absolute atomic E-state index is 0.0312. The molecule has 0 heterocycles. The summed E-state index contributed by atoms with van der Waals surface area (Å²) in [5, 5.41) is 0. The number of ketones is 1. The minimum Gasteiger partial charge on any atom is -0.497 e. The van der Waals surface area contributed by atoms with Crippen LogP contribution in [0.25, 0.3) is 0 Å². The first kappa shape index (κ1) is 13.3. The molecule has 19 heavy (non-hydrogen) atoms. The highest BCUT2D eigenvalue weighted by molar-refractivity contribution is 5.97. The van der Waals surface area contributed by atoms with Gasteiger partial charge in [-0.3, -0.25) is 4.79 Å². The molecule has 98 valence electrons. The van der Waals surface area contributed by atoms with Gasteiger partial charge in [-0.05, 0) is 48.4 Å². The summed E-state index contributed by atoms with van der Waals surface area (Å²) in [6, 6.07) is 11.8. The molecule has 2 nitrogen and oxygen atoms in total. The molecule has 0 aliphatic heterocycles. The number of hydrogen-bond acceptors (Lipinski definition) is 2. The van der Waals surface area contributed by atoms with Gasteiger partial charge in [-0.25, -0.2) is 4.39 Å². The lowest BCUT2D eigenvalue weighted by atomic mass is 10.0. The average molecular weight is 258 g/mol. The number of halogens is 1. The van der Waals surface area contributed by atoms with Crippen LogP contribution in [0.3, 0.4) is 0 Å². The number of hydrogen-bond donors (Lipinski definition) is 0. The van der Waals surface area contributed by atoms with Gasteiger partial charge in [0.05, 0.1) is 7.11 Å². The summed E-state index contributed by atoms with van der Waals surface area (Å²) in [4.78, 5) is 12.1. The number of ether oxygens (including phenoxy) is 1. The van der Waals surface area contributed by atoms with Crippen LogP contribution in [0, 0.1) is 12.7 Å². The van der Waals surface area contributed by atoms with E-state index in [4.69, 9.17) is 4.74 Å². The zero-order chi connectivity index (χ0) is 13.8. The molecular weight excluding hydrogens is 243 g/mol. The second-order valence-corrected chi connectivity index (χ2v) is 4.42. The Morgan fingerprint density at radius 2 is 2.00 bits per heavy atom. The summed E-state index contributed by atoms with van der Waals surface area (Å²) >= 11 is 0. The van der Waals surface area contributed by atoms with Crippen molar-refractivity contribution in [1.82, 2.24) is 0 Å². The van der Waals surface area contributed by atoms with E-state index in [0.29, 0.717) is 11.1 Å². The van der Waals surface area contributed by atoms with Gasteiger partial charge in [-0.1, -0.05) is 12.1 Å². The third kappa shape index (κ3) is 3.19. The SMILES string of the molecule is COc1cccc(CC(=O)c2ccc(F)c(C)c2)c1. The van der Waals surface area contributed by atoms with Gasteiger partial charge in [0.25, 0.3) is 0 Å². The van der Waals surface area contributed by atoms with Crippen LogP contribution in [0.5, 0.6) is 5.75 Å². The highest BCUT2D eigenvalue weighted by Gasteiger charge is 2.09. The van der Waals surface area contributed by atoms with Crippen LogP contribution >= 0.6 is 0 Å². The van der Waals surface area contributed by atoms with E-state index in [0.717, 1.165) is 11.3 Å². The summed E-state index contributed by atoms with van der Waals surface area (Å²) in [5.41, 5.74) is 1.89. The van der Waals surface area contributed by atoms with Crippen LogP contribution in [0.4, 0.5) is 4.39 Å². The van der Waals surface area contributed by atoms with E-state index in [1.807, 2.05) is 24.3 Å². The van der Waals surface area contributed by atoms with Gasteiger partial charge in [0.1, 0.15) is 11.6 Å². The van der Waals surface area contributed by atoms with Crippen LogP contribution in [0.15, 0.2) is 42.5 Å². The predicted molar refractivity (Wildman–Crippen MR) is 72.2 cm³/mol. The molecule has 3 heteroatoms. The largest absolute Gasteiger partial charge is 0.497 e. The van der Waals surface area contributed by atoms with E-state index in [9.17, 15) is 9.18 Å². The van der Waals surface area contributed by atoms with Crippen molar-refractivity contribution in [3.63, 3.8) is 0 Å². The van der Waals surface area contributed by atoms with Crippen molar-refractivity contribution >= 4 is 5.78 Å².